The summed E-state index contributed by atoms with van der Waals surface area (Å²) in [5.74, 6) is 1.08. The van der Waals surface area contributed by atoms with Crippen LogP contribution in [0.5, 0.6) is 0 Å². The van der Waals surface area contributed by atoms with Gasteiger partial charge in [-0.25, -0.2) is 9.97 Å². The van der Waals surface area contributed by atoms with Crippen LogP contribution in [-0.4, -0.2) is 46.0 Å². The van der Waals surface area contributed by atoms with Crippen molar-refractivity contribution in [2.45, 2.75) is 13.5 Å². The van der Waals surface area contributed by atoms with Crippen LogP contribution >= 0.6 is 11.3 Å². The van der Waals surface area contributed by atoms with E-state index in [2.05, 4.69) is 49.9 Å². The van der Waals surface area contributed by atoms with Crippen molar-refractivity contribution in [3.63, 3.8) is 0 Å². The lowest BCUT2D eigenvalue weighted by Gasteiger charge is -2.35. The zero-order valence-corrected chi connectivity index (χ0v) is 14.0. The van der Waals surface area contributed by atoms with E-state index in [9.17, 15) is 0 Å². The SMILES string of the molecule is Cc1cc2c(N3CCN(Cc4ccccn4)CC3)ncnc2s1. The number of rotatable bonds is 3. The minimum Gasteiger partial charge on any atom is -0.353 e. The summed E-state index contributed by atoms with van der Waals surface area (Å²) >= 11 is 1.74. The number of hydrogen-bond acceptors (Lipinski definition) is 6. The van der Waals surface area contributed by atoms with Crippen LogP contribution in [0.25, 0.3) is 10.2 Å². The maximum atomic E-state index is 4.54. The Labute approximate surface area is 139 Å². The highest BCUT2D eigenvalue weighted by Gasteiger charge is 2.20. The van der Waals surface area contributed by atoms with Crippen molar-refractivity contribution < 1.29 is 0 Å². The standard InChI is InChI=1S/C17H19N5S/c1-13-10-15-16(19-12-20-17(15)23-13)22-8-6-21(7-9-22)11-14-4-2-3-5-18-14/h2-5,10,12H,6-9,11H2,1H3. The fourth-order valence-corrected chi connectivity index (χ4v) is 3.90. The maximum absolute atomic E-state index is 4.54. The molecule has 0 spiro atoms. The largest absolute Gasteiger partial charge is 0.353 e. The lowest BCUT2D eigenvalue weighted by Crippen LogP contribution is -2.46. The van der Waals surface area contributed by atoms with E-state index < -0.39 is 0 Å². The number of pyridine rings is 1. The number of nitrogens with zero attached hydrogens (tertiary/aromatic N) is 5. The third-order valence-corrected chi connectivity index (χ3v) is 5.17. The smallest absolute Gasteiger partial charge is 0.140 e. The average Bonchev–Trinajstić information content (AvgIpc) is 2.97. The van der Waals surface area contributed by atoms with Crippen molar-refractivity contribution in [1.29, 1.82) is 0 Å². The third-order valence-electron chi connectivity index (χ3n) is 4.22. The van der Waals surface area contributed by atoms with E-state index in [4.69, 9.17) is 0 Å². The number of fused-ring (bicyclic) bond motifs is 1. The molecule has 1 saturated heterocycles. The second kappa shape index (κ2) is 6.22. The molecule has 1 fully saturated rings. The Balaban J connectivity index is 1.46. The summed E-state index contributed by atoms with van der Waals surface area (Å²) in [6.45, 7) is 7.10. The second-order valence-corrected chi connectivity index (χ2v) is 7.09. The van der Waals surface area contributed by atoms with E-state index in [1.54, 1.807) is 17.7 Å². The molecular weight excluding hydrogens is 306 g/mol. The number of thiophene rings is 1. The summed E-state index contributed by atoms with van der Waals surface area (Å²) in [6.07, 6.45) is 3.55. The van der Waals surface area contributed by atoms with Crippen molar-refractivity contribution >= 4 is 27.4 Å². The van der Waals surface area contributed by atoms with Crippen LogP contribution in [0.15, 0.2) is 36.8 Å². The molecular formula is C17H19N5S. The molecule has 6 heteroatoms. The monoisotopic (exact) mass is 325 g/mol. The average molecular weight is 325 g/mol. The lowest BCUT2D eigenvalue weighted by molar-refractivity contribution is 0.247. The molecule has 1 aliphatic heterocycles. The van der Waals surface area contributed by atoms with Crippen LogP contribution in [0, 0.1) is 6.92 Å². The van der Waals surface area contributed by atoms with E-state index >= 15 is 0 Å². The molecule has 0 aliphatic carbocycles. The molecule has 0 unspecified atom stereocenters. The van der Waals surface area contributed by atoms with Crippen molar-refractivity contribution in [3.05, 3.63) is 47.4 Å². The molecule has 4 rings (SSSR count). The first kappa shape index (κ1) is 14.5. The zero-order valence-electron chi connectivity index (χ0n) is 13.1. The van der Waals surface area contributed by atoms with Gasteiger partial charge in [0.2, 0.25) is 0 Å². The molecule has 0 atom stereocenters. The quantitative estimate of drug-likeness (QED) is 0.741. The molecule has 3 aromatic rings. The molecule has 5 nitrogen and oxygen atoms in total. The van der Waals surface area contributed by atoms with E-state index in [-0.39, 0.29) is 0 Å². The van der Waals surface area contributed by atoms with Gasteiger partial charge in [-0.1, -0.05) is 6.07 Å². The van der Waals surface area contributed by atoms with Gasteiger partial charge in [0.25, 0.3) is 0 Å². The van der Waals surface area contributed by atoms with E-state index in [1.165, 1.54) is 10.3 Å². The van der Waals surface area contributed by atoms with Gasteiger partial charge in [-0.2, -0.15) is 0 Å². The summed E-state index contributed by atoms with van der Waals surface area (Å²) in [6, 6.07) is 8.31. The highest BCUT2D eigenvalue weighted by atomic mass is 32.1. The first-order valence-corrected chi connectivity index (χ1v) is 8.69. The molecule has 0 bridgehead atoms. The molecule has 118 valence electrons. The van der Waals surface area contributed by atoms with Gasteiger partial charge in [-0.05, 0) is 25.1 Å². The van der Waals surface area contributed by atoms with Crippen LogP contribution in [0.3, 0.4) is 0 Å². The molecule has 4 heterocycles. The van der Waals surface area contributed by atoms with Crippen molar-refractivity contribution in [2.75, 3.05) is 31.1 Å². The third kappa shape index (κ3) is 3.04. The number of anilines is 1. The Morgan fingerprint density at radius 1 is 1.09 bits per heavy atom. The highest BCUT2D eigenvalue weighted by Crippen LogP contribution is 2.30. The summed E-state index contributed by atoms with van der Waals surface area (Å²) in [7, 11) is 0. The predicted octanol–water partition coefficient (Wildman–Crippen LogP) is 2.72. The molecule has 1 aliphatic rings. The van der Waals surface area contributed by atoms with Crippen LogP contribution < -0.4 is 4.90 Å². The molecule has 23 heavy (non-hydrogen) atoms. The zero-order chi connectivity index (χ0) is 15.6. The van der Waals surface area contributed by atoms with Crippen molar-refractivity contribution in [3.8, 4) is 0 Å². The minimum absolute atomic E-state index is 0.922. The number of hydrogen-bond donors (Lipinski definition) is 0. The molecule has 0 amide bonds. The second-order valence-electron chi connectivity index (χ2n) is 5.86. The fraction of sp³-hybridized carbons (Fsp3) is 0.353. The van der Waals surface area contributed by atoms with Gasteiger partial charge in [0, 0.05) is 43.8 Å². The summed E-state index contributed by atoms with van der Waals surface area (Å²) in [4.78, 5) is 20.6. The molecule has 0 radical (unpaired) electrons. The normalized spacial score (nSPS) is 16.1. The summed E-state index contributed by atoms with van der Waals surface area (Å²) in [5, 5.41) is 1.19. The lowest BCUT2D eigenvalue weighted by atomic mass is 10.2. The van der Waals surface area contributed by atoms with Crippen molar-refractivity contribution in [1.82, 2.24) is 19.9 Å². The Hall–Kier alpha value is -2.05. The predicted molar refractivity (Wildman–Crippen MR) is 93.9 cm³/mol. The van der Waals surface area contributed by atoms with Gasteiger partial charge in [0.1, 0.15) is 17.0 Å². The first-order valence-electron chi connectivity index (χ1n) is 7.88. The topological polar surface area (TPSA) is 45.2 Å². The van der Waals surface area contributed by atoms with E-state index in [1.807, 2.05) is 12.3 Å². The van der Waals surface area contributed by atoms with Gasteiger partial charge in [0.05, 0.1) is 11.1 Å². The Bertz CT molecular complexity index is 793. The Kier molecular flexibility index (Phi) is 3.93. The van der Waals surface area contributed by atoms with Crippen LogP contribution in [0.4, 0.5) is 5.82 Å². The van der Waals surface area contributed by atoms with Crippen LogP contribution in [0.2, 0.25) is 0 Å². The number of piperazine rings is 1. The van der Waals surface area contributed by atoms with Crippen LogP contribution in [0.1, 0.15) is 10.6 Å². The van der Waals surface area contributed by atoms with Crippen LogP contribution in [-0.2, 0) is 6.54 Å². The highest BCUT2D eigenvalue weighted by molar-refractivity contribution is 7.18. The maximum Gasteiger partial charge on any atom is 0.140 e. The van der Waals surface area contributed by atoms with Crippen molar-refractivity contribution in [2.24, 2.45) is 0 Å². The summed E-state index contributed by atoms with van der Waals surface area (Å²) < 4.78 is 0. The van der Waals surface area contributed by atoms with Gasteiger partial charge in [0.15, 0.2) is 0 Å². The van der Waals surface area contributed by atoms with Gasteiger partial charge >= 0.3 is 0 Å². The fourth-order valence-electron chi connectivity index (χ4n) is 3.05. The molecule has 0 aromatic carbocycles. The summed E-state index contributed by atoms with van der Waals surface area (Å²) in [5.41, 5.74) is 1.14. The van der Waals surface area contributed by atoms with Gasteiger partial charge in [-0.3, -0.25) is 9.88 Å². The number of aromatic nitrogens is 3. The Morgan fingerprint density at radius 2 is 1.96 bits per heavy atom. The van der Waals surface area contributed by atoms with Gasteiger partial charge in [-0.15, -0.1) is 11.3 Å². The number of aryl methyl sites for hydroxylation is 1. The molecule has 0 saturated carbocycles. The van der Waals surface area contributed by atoms with E-state index in [0.717, 1.165) is 49.1 Å². The molecule has 0 N–H and O–H groups in total. The Morgan fingerprint density at radius 3 is 2.74 bits per heavy atom. The first-order chi connectivity index (χ1) is 11.3. The van der Waals surface area contributed by atoms with E-state index in [0.29, 0.717) is 0 Å². The minimum atomic E-state index is 0.922. The molecule has 3 aromatic heterocycles. The van der Waals surface area contributed by atoms with Gasteiger partial charge < -0.3 is 4.90 Å².